The van der Waals surface area contributed by atoms with Crippen LogP contribution in [0.5, 0.6) is 0 Å². The smallest absolute Gasteiger partial charge is 0.338 e. The number of rotatable bonds is 14. The Morgan fingerprint density at radius 2 is 1.41 bits per heavy atom. The van der Waals surface area contributed by atoms with Crippen molar-refractivity contribution in [3.05, 3.63) is 119 Å². The Hall–Kier alpha value is -5.32. The number of fused-ring (bicyclic) bond motifs is 5. The fourth-order valence-corrected chi connectivity index (χ4v) is 14.1. The SMILES string of the molecule is CC[Si](CC)(CC)OC1C[C@H]2OC[C@@]2(OC(C)=O)[C@H]2[C@H](OC(=O)c3ccccc3)[C@]3(O)C[C@H](OC(=O)[C@H](O)[C@@H](NC(=O)c4ccccc4)c4ccccc4)C(C)=C(C(=O)C(=O)[C@]12C)C3(C)C. The summed E-state index contributed by atoms with van der Waals surface area (Å²) in [6.45, 7) is 13.3. The molecule has 66 heavy (non-hydrogen) atoms. The second-order valence-corrected chi connectivity index (χ2v) is 23.7. The van der Waals surface area contributed by atoms with Gasteiger partial charge in [-0.05, 0) is 67.4 Å². The molecule has 1 aliphatic heterocycles. The van der Waals surface area contributed by atoms with Crippen molar-refractivity contribution in [2.75, 3.05) is 6.61 Å². The largest absolute Gasteiger partial charge is 0.456 e. The van der Waals surface area contributed by atoms with Crippen LogP contribution in [0.1, 0.15) is 101 Å². The highest BCUT2D eigenvalue weighted by Gasteiger charge is 2.78. The van der Waals surface area contributed by atoms with Gasteiger partial charge >= 0.3 is 17.9 Å². The first-order valence-electron chi connectivity index (χ1n) is 22.8. The zero-order valence-electron chi connectivity index (χ0n) is 38.8. The van der Waals surface area contributed by atoms with E-state index >= 15 is 9.59 Å². The molecule has 10 atom stereocenters. The molecule has 0 spiro atoms. The molecule has 0 radical (unpaired) electrons. The van der Waals surface area contributed by atoms with E-state index in [-0.39, 0.29) is 35.3 Å². The maximum atomic E-state index is 15.7. The molecule has 3 N–H and O–H groups in total. The van der Waals surface area contributed by atoms with E-state index in [0.717, 1.165) is 0 Å². The van der Waals surface area contributed by atoms with Gasteiger partial charge < -0.3 is 38.9 Å². The Labute approximate surface area is 386 Å². The zero-order valence-corrected chi connectivity index (χ0v) is 39.8. The van der Waals surface area contributed by atoms with Gasteiger partial charge in [0.15, 0.2) is 20.0 Å². The molecule has 0 aromatic heterocycles. The summed E-state index contributed by atoms with van der Waals surface area (Å²) in [5.41, 5.74) is -6.92. The number of carbonyl (C=O) groups excluding carboxylic acids is 6. The first-order chi connectivity index (χ1) is 31.2. The average Bonchev–Trinajstić information content (AvgIpc) is 3.31. The van der Waals surface area contributed by atoms with Crippen molar-refractivity contribution < 1.29 is 62.4 Å². The molecule has 15 heteroatoms. The highest BCUT2D eigenvalue weighted by Crippen LogP contribution is 2.64. The van der Waals surface area contributed by atoms with Gasteiger partial charge in [-0.15, -0.1) is 0 Å². The van der Waals surface area contributed by atoms with Crippen LogP contribution < -0.4 is 5.32 Å². The molecule has 1 saturated heterocycles. The van der Waals surface area contributed by atoms with E-state index in [1.807, 2.05) is 20.8 Å². The van der Waals surface area contributed by atoms with Gasteiger partial charge in [0, 0.05) is 36.3 Å². The van der Waals surface area contributed by atoms with Crippen LogP contribution in [0.15, 0.2) is 102 Å². The van der Waals surface area contributed by atoms with E-state index < -0.39 is 115 Å². The third-order valence-corrected chi connectivity index (χ3v) is 20.0. The Balaban J connectivity index is 1.39. The topological polar surface area (TPSA) is 201 Å². The number of carbonyl (C=O) groups is 6. The zero-order chi connectivity index (χ0) is 48.0. The number of hydrogen-bond acceptors (Lipinski definition) is 13. The quantitative estimate of drug-likeness (QED) is 0.0695. The molecule has 2 saturated carbocycles. The normalized spacial score (nSPS) is 29.9. The third-order valence-electron chi connectivity index (χ3n) is 15.3. The van der Waals surface area contributed by atoms with E-state index in [4.69, 9.17) is 23.4 Å². The fourth-order valence-electron chi connectivity index (χ4n) is 11.2. The summed E-state index contributed by atoms with van der Waals surface area (Å²) in [6.07, 6.45) is -7.60. The summed E-state index contributed by atoms with van der Waals surface area (Å²) in [5.74, 6) is -6.72. The standard InChI is InChI=1S/C51H61NO13Si/c1-9-66(10-2,11-3)65-36-27-37-50(29-61-37,64-31(5)53)42-44(63-46(58)34-25-19-14-20-26-34)51(60)28-35(30(4)38(48(51,6)7)40(54)43(56)49(36,42)8)62-47(59)41(55)39(32-21-15-12-16-22-32)52-45(57)33-23-17-13-18-24-33/h12-26,35-37,39,41-42,44,55,60H,9-11,27-29H2,1-8H3,(H,52,57)/t35-,36?,37+,39-,41+,42-,44-,49+,50-,51+/m0/s1. The second-order valence-electron chi connectivity index (χ2n) is 19.0. The summed E-state index contributed by atoms with van der Waals surface area (Å²) in [4.78, 5) is 86.8. The van der Waals surface area contributed by atoms with Crippen LogP contribution >= 0.6 is 0 Å². The van der Waals surface area contributed by atoms with Gasteiger partial charge in [0.1, 0.15) is 23.9 Å². The van der Waals surface area contributed by atoms with Gasteiger partial charge in [-0.1, -0.05) is 101 Å². The van der Waals surface area contributed by atoms with Crippen LogP contribution in [0.4, 0.5) is 0 Å². The molecule has 14 nitrogen and oxygen atoms in total. The molecule has 7 rings (SSSR count). The lowest BCUT2D eigenvalue weighted by molar-refractivity contribution is -0.342. The fraction of sp³-hybridized carbons (Fsp3) is 0.490. The number of nitrogens with one attached hydrogen (secondary N) is 1. The summed E-state index contributed by atoms with van der Waals surface area (Å²) >= 11 is 0. The van der Waals surface area contributed by atoms with E-state index in [1.165, 1.54) is 26.0 Å². The number of benzene rings is 3. The molecule has 3 aromatic carbocycles. The molecule has 3 fully saturated rings. The van der Waals surface area contributed by atoms with Crippen molar-refractivity contribution in [1.82, 2.24) is 5.32 Å². The van der Waals surface area contributed by atoms with Crippen molar-refractivity contribution in [1.29, 1.82) is 0 Å². The predicted octanol–water partition coefficient (Wildman–Crippen LogP) is 6.40. The molecular weight excluding hydrogens is 863 g/mol. The van der Waals surface area contributed by atoms with Crippen LogP contribution in [0.3, 0.4) is 0 Å². The summed E-state index contributed by atoms with van der Waals surface area (Å²) in [7, 11) is -2.61. The molecule has 3 aliphatic carbocycles. The monoisotopic (exact) mass is 923 g/mol. The number of Topliss-reactive ketones (excluding diaryl/α,β-unsaturated/α-hetero) is 2. The van der Waals surface area contributed by atoms with Gasteiger partial charge in [0.25, 0.3) is 5.91 Å². The lowest BCUT2D eigenvalue weighted by Gasteiger charge is -2.67. The highest BCUT2D eigenvalue weighted by molar-refractivity contribution is 6.73. The van der Waals surface area contributed by atoms with Crippen molar-refractivity contribution in [3.8, 4) is 0 Å². The van der Waals surface area contributed by atoms with Gasteiger partial charge in [-0.25, -0.2) is 9.59 Å². The number of hydrogen-bond donors (Lipinski definition) is 3. The van der Waals surface area contributed by atoms with Crippen LogP contribution in [-0.2, 0) is 42.6 Å². The molecule has 3 aromatic rings. The molecular formula is C51H61NO13Si. The summed E-state index contributed by atoms with van der Waals surface area (Å²) < 4.78 is 32.3. The number of ketones is 2. The second kappa shape index (κ2) is 18.4. The van der Waals surface area contributed by atoms with E-state index in [1.54, 1.807) is 99.6 Å². The van der Waals surface area contributed by atoms with Crippen molar-refractivity contribution in [2.45, 2.75) is 134 Å². The predicted molar refractivity (Wildman–Crippen MR) is 243 cm³/mol. The van der Waals surface area contributed by atoms with E-state index in [0.29, 0.717) is 23.7 Å². The first kappa shape index (κ1) is 48.6. The molecule has 1 unspecified atom stereocenters. The molecule has 1 amide bonds. The Kier molecular flexibility index (Phi) is 13.5. The lowest BCUT2D eigenvalue weighted by atomic mass is 9.45. The summed E-state index contributed by atoms with van der Waals surface area (Å²) in [5, 5.41) is 28.4. The van der Waals surface area contributed by atoms with Crippen LogP contribution in [-0.4, -0.2) is 102 Å². The van der Waals surface area contributed by atoms with Gasteiger partial charge in [-0.3, -0.25) is 19.2 Å². The van der Waals surface area contributed by atoms with Crippen molar-refractivity contribution in [2.24, 2.45) is 16.7 Å². The van der Waals surface area contributed by atoms with Crippen LogP contribution in [0.2, 0.25) is 18.1 Å². The summed E-state index contributed by atoms with van der Waals surface area (Å²) in [6, 6.07) is 25.4. The minimum Gasteiger partial charge on any atom is -0.456 e. The molecule has 352 valence electrons. The Morgan fingerprint density at radius 1 is 0.848 bits per heavy atom. The Bertz CT molecular complexity index is 2380. The minimum absolute atomic E-state index is 0.0643. The minimum atomic E-state index is -2.61. The molecule has 1 heterocycles. The lowest BCUT2D eigenvalue weighted by Crippen LogP contribution is -2.82. The Morgan fingerprint density at radius 3 is 1.94 bits per heavy atom. The van der Waals surface area contributed by atoms with E-state index in [2.05, 4.69) is 5.32 Å². The number of aliphatic hydroxyl groups excluding tert-OH is 1. The third kappa shape index (κ3) is 8.05. The van der Waals surface area contributed by atoms with Crippen LogP contribution in [0, 0.1) is 16.7 Å². The molecule has 2 bridgehead atoms. The van der Waals surface area contributed by atoms with Crippen molar-refractivity contribution >= 4 is 43.7 Å². The number of esters is 3. The van der Waals surface area contributed by atoms with Gasteiger partial charge in [-0.2, -0.15) is 0 Å². The van der Waals surface area contributed by atoms with Gasteiger partial charge in [0.05, 0.1) is 35.6 Å². The van der Waals surface area contributed by atoms with Crippen molar-refractivity contribution in [3.63, 3.8) is 0 Å². The maximum Gasteiger partial charge on any atom is 0.338 e. The maximum absolute atomic E-state index is 15.7. The van der Waals surface area contributed by atoms with Crippen LogP contribution in [0.25, 0.3) is 0 Å². The van der Waals surface area contributed by atoms with E-state index in [9.17, 15) is 29.4 Å². The first-order valence-corrected chi connectivity index (χ1v) is 25.3. The number of aliphatic hydroxyl groups is 2. The molecule has 4 aliphatic rings. The highest BCUT2D eigenvalue weighted by atomic mass is 28.4. The number of ether oxygens (including phenoxy) is 4. The number of amides is 1. The van der Waals surface area contributed by atoms with Gasteiger partial charge in [0.2, 0.25) is 11.6 Å². The average molecular weight is 924 g/mol.